The number of anilines is 1. The topological polar surface area (TPSA) is 86.7 Å². The smallest absolute Gasteiger partial charge is 0.305 e. The maximum atomic E-state index is 12.9. The van der Waals surface area contributed by atoms with Crippen molar-refractivity contribution in [1.29, 1.82) is 0 Å². The number of benzene rings is 1. The molecule has 6 nitrogen and oxygen atoms in total. The van der Waals surface area contributed by atoms with E-state index < -0.39 is 5.97 Å². The van der Waals surface area contributed by atoms with Gasteiger partial charge in [0, 0.05) is 29.7 Å². The second kappa shape index (κ2) is 8.58. The third-order valence-electron chi connectivity index (χ3n) is 3.89. The largest absolute Gasteiger partial charge is 0.481 e. The zero-order valence-corrected chi connectivity index (χ0v) is 15.7. The van der Waals surface area contributed by atoms with Gasteiger partial charge in [-0.05, 0) is 18.2 Å². The molecular formula is C17H21ClN2O4S. The van der Waals surface area contributed by atoms with Crippen LogP contribution < -0.4 is 5.32 Å². The predicted octanol–water partition coefficient (Wildman–Crippen LogP) is 2.97. The molecule has 1 aromatic carbocycles. The molecule has 8 heteroatoms. The highest BCUT2D eigenvalue weighted by atomic mass is 35.5. The van der Waals surface area contributed by atoms with Crippen molar-refractivity contribution in [3.63, 3.8) is 0 Å². The van der Waals surface area contributed by atoms with Crippen molar-refractivity contribution in [2.24, 2.45) is 5.92 Å². The molecule has 0 bridgehead atoms. The highest BCUT2D eigenvalue weighted by molar-refractivity contribution is 7.99. The first kappa shape index (κ1) is 19.6. The lowest BCUT2D eigenvalue weighted by Crippen LogP contribution is -2.47. The molecule has 136 valence electrons. The molecule has 1 aromatic rings. The molecule has 1 aliphatic rings. The number of amides is 2. The Morgan fingerprint density at radius 2 is 2.12 bits per heavy atom. The summed E-state index contributed by atoms with van der Waals surface area (Å²) in [6, 6.07) is 4.38. The summed E-state index contributed by atoms with van der Waals surface area (Å²) in [5.41, 5.74) is 0.762. The SMILES string of the molecule is CC(C)C(=O)Nc1ccc(Cl)c(C(=O)N2CCSCC2CC(=O)O)c1. The van der Waals surface area contributed by atoms with E-state index in [1.54, 1.807) is 48.7 Å². The third-order valence-corrected chi connectivity index (χ3v) is 5.31. The van der Waals surface area contributed by atoms with Gasteiger partial charge in [-0.25, -0.2) is 0 Å². The van der Waals surface area contributed by atoms with Gasteiger partial charge in [-0.2, -0.15) is 11.8 Å². The van der Waals surface area contributed by atoms with Gasteiger partial charge in [0.15, 0.2) is 0 Å². The van der Waals surface area contributed by atoms with Crippen molar-refractivity contribution >= 4 is 46.8 Å². The van der Waals surface area contributed by atoms with Crippen LogP contribution in [0.4, 0.5) is 5.69 Å². The minimum absolute atomic E-state index is 0.0971. The lowest BCUT2D eigenvalue weighted by Gasteiger charge is -2.35. The van der Waals surface area contributed by atoms with Crippen LogP contribution in [0.2, 0.25) is 5.02 Å². The van der Waals surface area contributed by atoms with Gasteiger partial charge in [-0.15, -0.1) is 0 Å². The molecule has 1 heterocycles. The molecule has 1 aliphatic heterocycles. The Balaban J connectivity index is 2.24. The fourth-order valence-electron chi connectivity index (χ4n) is 2.50. The normalized spacial score (nSPS) is 17.4. The minimum atomic E-state index is -0.936. The maximum absolute atomic E-state index is 12.9. The summed E-state index contributed by atoms with van der Waals surface area (Å²) < 4.78 is 0. The van der Waals surface area contributed by atoms with Crippen molar-refractivity contribution in [3.8, 4) is 0 Å². The van der Waals surface area contributed by atoms with Crippen LogP contribution in [-0.4, -0.2) is 51.9 Å². The summed E-state index contributed by atoms with van der Waals surface area (Å²) in [7, 11) is 0. The summed E-state index contributed by atoms with van der Waals surface area (Å²) in [5.74, 6) is -0.248. The molecule has 1 atom stereocenters. The first-order valence-electron chi connectivity index (χ1n) is 8.00. The monoisotopic (exact) mass is 384 g/mol. The van der Waals surface area contributed by atoms with Gasteiger partial charge in [0.1, 0.15) is 0 Å². The van der Waals surface area contributed by atoms with E-state index in [0.29, 0.717) is 18.0 Å². The molecule has 1 saturated heterocycles. The minimum Gasteiger partial charge on any atom is -0.481 e. The summed E-state index contributed by atoms with van der Waals surface area (Å²) in [6.45, 7) is 4.03. The second-order valence-electron chi connectivity index (χ2n) is 6.16. The van der Waals surface area contributed by atoms with Gasteiger partial charge in [0.05, 0.1) is 23.0 Å². The number of halogens is 1. The maximum Gasteiger partial charge on any atom is 0.305 e. The Bertz CT molecular complexity index is 681. The Labute approximate surface area is 155 Å². The van der Waals surface area contributed by atoms with E-state index in [0.717, 1.165) is 5.75 Å². The zero-order chi connectivity index (χ0) is 18.6. The van der Waals surface area contributed by atoms with E-state index in [4.69, 9.17) is 16.7 Å². The summed E-state index contributed by atoms with van der Waals surface area (Å²) in [4.78, 5) is 37.4. The van der Waals surface area contributed by atoms with Crippen LogP contribution in [0, 0.1) is 5.92 Å². The molecule has 0 saturated carbocycles. The van der Waals surface area contributed by atoms with E-state index in [1.165, 1.54) is 0 Å². The van der Waals surface area contributed by atoms with Crippen LogP contribution in [0.1, 0.15) is 30.6 Å². The van der Waals surface area contributed by atoms with Gasteiger partial charge in [0.25, 0.3) is 5.91 Å². The van der Waals surface area contributed by atoms with E-state index in [1.807, 2.05) is 0 Å². The molecule has 0 radical (unpaired) electrons. The number of thioether (sulfide) groups is 1. The Kier molecular flexibility index (Phi) is 6.72. The average molecular weight is 385 g/mol. The molecule has 2 amide bonds. The molecule has 2 N–H and O–H groups in total. The van der Waals surface area contributed by atoms with E-state index in [9.17, 15) is 14.4 Å². The van der Waals surface area contributed by atoms with Crippen LogP contribution in [0.25, 0.3) is 0 Å². The molecular weight excluding hydrogens is 364 g/mol. The van der Waals surface area contributed by atoms with Crippen molar-refractivity contribution in [2.75, 3.05) is 23.4 Å². The lowest BCUT2D eigenvalue weighted by atomic mass is 10.1. The zero-order valence-electron chi connectivity index (χ0n) is 14.1. The molecule has 1 fully saturated rings. The van der Waals surface area contributed by atoms with Crippen LogP contribution in [0.5, 0.6) is 0 Å². The Morgan fingerprint density at radius 1 is 1.40 bits per heavy atom. The van der Waals surface area contributed by atoms with Crippen LogP contribution >= 0.6 is 23.4 Å². The quantitative estimate of drug-likeness (QED) is 0.815. The Hall–Kier alpha value is -1.73. The van der Waals surface area contributed by atoms with E-state index >= 15 is 0 Å². The van der Waals surface area contributed by atoms with Crippen molar-refractivity contribution in [1.82, 2.24) is 4.90 Å². The van der Waals surface area contributed by atoms with Crippen LogP contribution in [0.15, 0.2) is 18.2 Å². The van der Waals surface area contributed by atoms with Crippen molar-refractivity contribution in [3.05, 3.63) is 28.8 Å². The number of hydrogen-bond donors (Lipinski definition) is 2. The lowest BCUT2D eigenvalue weighted by molar-refractivity contribution is -0.138. The molecule has 1 unspecified atom stereocenters. The van der Waals surface area contributed by atoms with Crippen LogP contribution in [0.3, 0.4) is 0 Å². The number of aliphatic carboxylic acids is 1. The number of carbonyl (C=O) groups is 3. The molecule has 0 aliphatic carbocycles. The van der Waals surface area contributed by atoms with E-state index in [2.05, 4.69) is 5.32 Å². The van der Waals surface area contributed by atoms with Crippen molar-refractivity contribution in [2.45, 2.75) is 26.3 Å². The average Bonchev–Trinajstić information content (AvgIpc) is 2.55. The number of rotatable bonds is 5. The summed E-state index contributed by atoms with van der Waals surface area (Å²) in [6.07, 6.45) is -0.0971. The van der Waals surface area contributed by atoms with Gasteiger partial charge >= 0.3 is 5.97 Å². The molecule has 0 spiro atoms. The number of nitrogens with one attached hydrogen (secondary N) is 1. The Morgan fingerprint density at radius 3 is 2.76 bits per heavy atom. The van der Waals surface area contributed by atoms with E-state index in [-0.39, 0.29) is 40.8 Å². The summed E-state index contributed by atoms with van der Waals surface area (Å²) >= 11 is 7.81. The first-order chi connectivity index (χ1) is 11.8. The number of carbonyl (C=O) groups excluding carboxylic acids is 2. The predicted molar refractivity (Wildman–Crippen MR) is 99.3 cm³/mol. The number of hydrogen-bond acceptors (Lipinski definition) is 4. The van der Waals surface area contributed by atoms with Crippen molar-refractivity contribution < 1.29 is 19.5 Å². The summed E-state index contributed by atoms with van der Waals surface area (Å²) in [5, 5.41) is 12.1. The van der Waals surface area contributed by atoms with Gasteiger partial charge in [0.2, 0.25) is 5.91 Å². The van der Waals surface area contributed by atoms with Crippen LogP contribution in [-0.2, 0) is 9.59 Å². The standard InChI is InChI=1S/C17H21ClN2O4S/c1-10(2)16(23)19-11-3-4-14(18)13(7-11)17(24)20-5-6-25-9-12(20)8-15(21)22/h3-4,7,10,12H,5-6,8-9H2,1-2H3,(H,19,23)(H,21,22). The van der Waals surface area contributed by atoms with Gasteiger partial charge < -0.3 is 15.3 Å². The number of carboxylic acids is 1. The molecule has 2 rings (SSSR count). The number of nitrogens with zero attached hydrogens (tertiary/aromatic N) is 1. The second-order valence-corrected chi connectivity index (χ2v) is 7.72. The highest BCUT2D eigenvalue weighted by Gasteiger charge is 2.30. The van der Waals surface area contributed by atoms with Gasteiger partial charge in [-0.1, -0.05) is 25.4 Å². The third kappa shape index (κ3) is 5.12. The fourth-order valence-corrected chi connectivity index (χ4v) is 3.76. The van der Waals surface area contributed by atoms with Gasteiger partial charge in [-0.3, -0.25) is 14.4 Å². The fraction of sp³-hybridized carbons (Fsp3) is 0.471. The highest BCUT2D eigenvalue weighted by Crippen LogP contribution is 2.26. The molecule has 25 heavy (non-hydrogen) atoms. The number of carboxylic acid groups (broad SMARTS) is 1. The first-order valence-corrected chi connectivity index (χ1v) is 9.53. The molecule has 0 aromatic heterocycles.